The molecule has 3 rings (SSSR count). The van der Waals surface area contributed by atoms with E-state index in [9.17, 15) is 24.3 Å². The molecule has 0 spiro atoms. The van der Waals surface area contributed by atoms with E-state index in [0.29, 0.717) is 0 Å². The number of nitrogens with two attached hydrogens (primary N) is 1. The van der Waals surface area contributed by atoms with Crippen LogP contribution in [-0.2, 0) is 24.0 Å². The zero-order chi connectivity index (χ0) is 22.2. The van der Waals surface area contributed by atoms with Crippen molar-refractivity contribution < 1.29 is 34.2 Å². The lowest BCUT2D eigenvalue weighted by atomic mass is 10.0. The first-order valence-corrected chi connectivity index (χ1v) is 11.4. The maximum absolute atomic E-state index is 12.7. The van der Waals surface area contributed by atoms with Gasteiger partial charge in [0.25, 0.3) is 11.8 Å². The van der Waals surface area contributed by atoms with Crippen molar-refractivity contribution in [1.82, 2.24) is 15.2 Å². The number of carboxylic acids is 2. The average Bonchev–Trinajstić information content (AvgIpc) is 3.00. The van der Waals surface area contributed by atoms with E-state index in [4.69, 9.17) is 33.1 Å². The lowest BCUT2D eigenvalue weighted by Crippen LogP contribution is -2.71. The van der Waals surface area contributed by atoms with Crippen LogP contribution in [0, 0.1) is 0 Å². The summed E-state index contributed by atoms with van der Waals surface area (Å²) < 4.78 is 0. The fourth-order valence-corrected chi connectivity index (χ4v) is 5.18. The predicted molar refractivity (Wildman–Crippen MR) is 108 cm³/mol. The second-order valence-electron chi connectivity index (χ2n) is 5.76. The van der Waals surface area contributed by atoms with Crippen molar-refractivity contribution in [3.8, 4) is 0 Å². The zero-order valence-corrected chi connectivity index (χ0v) is 17.7. The number of oxime groups is 1. The van der Waals surface area contributed by atoms with Gasteiger partial charge in [0.15, 0.2) is 16.8 Å². The van der Waals surface area contributed by atoms with Crippen molar-refractivity contribution in [3.63, 3.8) is 0 Å². The molecule has 0 bridgehead atoms. The number of hydrogen-bond donors (Lipinski definition) is 4. The number of thioether (sulfide) groups is 1. The first-order valence-electron chi connectivity index (χ1n) is 7.86. The summed E-state index contributed by atoms with van der Waals surface area (Å²) in [4.78, 5) is 56.7. The number of halogens is 2. The number of hydrogen-bond acceptors (Lipinski definition) is 9. The van der Waals surface area contributed by atoms with Gasteiger partial charge in [-0.15, -0.1) is 11.8 Å². The number of carboxylic acid groups (broad SMARTS) is 2. The Hall–Kier alpha value is -2.55. The van der Waals surface area contributed by atoms with Gasteiger partial charge < -0.3 is 26.1 Å². The number of thiazole rings is 1. The number of β-lactam (4-membered cyclic amide) rings is 1. The standard InChI is InChI=1S/C14H11Cl2N5O7S2/c15-4-2-29-12-8(11(25)21(12)9(4)13(26)27)19-10(24)7(20-28-1-6(22)23)5-3-30(16)14(17)18-5/h3,8,12H,1-2H2,(H4-,17,18,19,22,23,24,26,27)/p+1/t8?,12-,30?/m1/s1. The van der Waals surface area contributed by atoms with Gasteiger partial charge >= 0.3 is 17.1 Å². The number of carbonyl (C=O) groups excluding carboxylic acids is 2. The van der Waals surface area contributed by atoms with E-state index in [1.165, 1.54) is 17.1 Å². The highest BCUT2D eigenvalue weighted by Gasteiger charge is 2.54. The molecule has 0 saturated carbocycles. The normalized spacial score (nSPS) is 21.7. The third-order valence-corrected chi connectivity index (χ3v) is 7.27. The van der Waals surface area contributed by atoms with Crippen LogP contribution in [0.1, 0.15) is 5.69 Å². The summed E-state index contributed by atoms with van der Waals surface area (Å²) in [6.07, 6.45) is 0. The van der Waals surface area contributed by atoms with Crippen molar-refractivity contribution in [2.24, 2.45) is 5.16 Å². The minimum atomic E-state index is -1.36. The number of nitrogen functional groups attached to an aromatic ring is 1. The molecule has 160 valence electrons. The highest BCUT2D eigenvalue weighted by Crippen LogP contribution is 2.41. The summed E-state index contributed by atoms with van der Waals surface area (Å²) >= 11 is 7.07. The first-order chi connectivity index (χ1) is 14.1. The van der Waals surface area contributed by atoms with Crippen LogP contribution in [0.5, 0.6) is 0 Å². The molecule has 2 aliphatic heterocycles. The summed E-state index contributed by atoms with van der Waals surface area (Å²) in [7, 11) is 4.86. The number of amides is 2. The molecule has 30 heavy (non-hydrogen) atoms. The van der Waals surface area contributed by atoms with Gasteiger partial charge in [0, 0.05) is 5.75 Å². The molecule has 3 atom stereocenters. The van der Waals surface area contributed by atoms with E-state index in [0.717, 1.165) is 4.90 Å². The maximum atomic E-state index is 12.7. The van der Waals surface area contributed by atoms with Crippen LogP contribution >= 0.6 is 43.7 Å². The van der Waals surface area contributed by atoms with Crippen LogP contribution in [0.25, 0.3) is 0 Å². The minimum absolute atomic E-state index is 0.0151. The van der Waals surface area contributed by atoms with Crippen LogP contribution in [0.2, 0.25) is 0 Å². The fourth-order valence-electron chi connectivity index (χ4n) is 2.60. The molecule has 2 amide bonds. The molecule has 0 aromatic carbocycles. The topological polar surface area (TPSA) is 185 Å². The minimum Gasteiger partial charge on any atom is -0.479 e. The molecule has 1 saturated heterocycles. The Morgan fingerprint density at radius 1 is 1.47 bits per heavy atom. The molecule has 1 fully saturated rings. The quantitative estimate of drug-likeness (QED) is 0.175. The molecular formula is C14H12Cl2N5O7S2+. The summed E-state index contributed by atoms with van der Waals surface area (Å²) in [5.41, 5.74) is 4.78. The number of aliphatic carboxylic acids is 2. The Kier molecular flexibility index (Phi) is 6.40. The monoisotopic (exact) mass is 496 g/mol. The third kappa shape index (κ3) is 4.16. The Morgan fingerprint density at radius 2 is 2.17 bits per heavy atom. The van der Waals surface area contributed by atoms with Gasteiger partial charge in [-0.05, 0) is 0 Å². The third-order valence-electron chi connectivity index (χ3n) is 3.86. The second-order valence-corrected chi connectivity index (χ2v) is 9.54. The predicted octanol–water partition coefficient (Wildman–Crippen LogP) is 0.155. The highest BCUT2D eigenvalue weighted by atomic mass is 35.7. The van der Waals surface area contributed by atoms with E-state index in [1.807, 2.05) is 0 Å². The molecule has 1 aromatic heterocycles. The molecule has 16 heteroatoms. The van der Waals surface area contributed by atoms with Crippen LogP contribution in [0.15, 0.2) is 21.3 Å². The number of fused-ring (bicyclic) bond motifs is 1. The van der Waals surface area contributed by atoms with Crippen molar-refractivity contribution >= 4 is 78.3 Å². The molecule has 12 nitrogen and oxygen atoms in total. The Balaban J connectivity index is 1.80. The summed E-state index contributed by atoms with van der Waals surface area (Å²) in [6.45, 7) is -0.824. The van der Waals surface area contributed by atoms with Crippen LogP contribution < -0.4 is 11.1 Å². The van der Waals surface area contributed by atoms with Gasteiger partial charge in [0.1, 0.15) is 26.8 Å². The molecule has 5 N–H and O–H groups in total. The molecule has 3 heterocycles. The molecule has 0 aliphatic carbocycles. The van der Waals surface area contributed by atoms with E-state index >= 15 is 0 Å². The van der Waals surface area contributed by atoms with Gasteiger partial charge in [0.2, 0.25) is 17.3 Å². The van der Waals surface area contributed by atoms with E-state index in [1.54, 1.807) is 0 Å². The Bertz CT molecular complexity index is 991. The Labute approximate surface area is 184 Å². The van der Waals surface area contributed by atoms with E-state index in [-0.39, 0.29) is 27.3 Å². The molecule has 2 aliphatic rings. The van der Waals surface area contributed by atoms with Gasteiger partial charge in [-0.1, -0.05) is 16.8 Å². The SMILES string of the molecule is Nc1nc(C(=NOCC(=O)O)C(=O)NC2C(=O)N3C(C(=O)O)=C(Cl)CS[C@H]23)c[s+]1Cl. The Morgan fingerprint density at radius 3 is 2.73 bits per heavy atom. The maximum Gasteiger partial charge on any atom is 0.357 e. The fraction of sp³-hybridized carbons (Fsp3) is 0.286. The number of aromatic nitrogens is 1. The number of nitrogens with zero attached hydrogens (tertiary/aromatic N) is 3. The van der Waals surface area contributed by atoms with Gasteiger partial charge in [-0.2, -0.15) is 4.98 Å². The molecule has 2 unspecified atom stereocenters. The molecule has 0 radical (unpaired) electrons. The number of carbonyl (C=O) groups is 4. The van der Waals surface area contributed by atoms with Gasteiger partial charge in [0.05, 0.1) is 5.03 Å². The molecule has 1 aromatic rings. The summed E-state index contributed by atoms with van der Waals surface area (Å²) in [6, 6.07) is -1.07. The van der Waals surface area contributed by atoms with Crippen molar-refractivity contribution in [3.05, 3.63) is 21.8 Å². The van der Waals surface area contributed by atoms with Crippen LogP contribution in [0.4, 0.5) is 5.13 Å². The van der Waals surface area contributed by atoms with Crippen LogP contribution in [-0.4, -0.2) is 73.3 Å². The van der Waals surface area contributed by atoms with Crippen molar-refractivity contribution in [1.29, 1.82) is 0 Å². The first kappa shape index (κ1) is 22.1. The molecular weight excluding hydrogens is 485 g/mol. The second kappa shape index (κ2) is 8.67. The van der Waals surface area contributed by atoms with Gasteiger partial charge in [-0.25, -0.2) is 9.59 Å². The lowest BCUT2D eigenvalue weighted by Gasteiger charge is -2.48. The summed E-state index contributed by atoms with van der Waals surface area (Å²) in [5, 5.41) is 24.5. The van der Waals surface area contributed by atoms with E-state index < -0.39 is 57.2 Å². The number of nitrogens with one attached hydrogen (secondary N) is 1. The van der Waals surface area contributed by atoms with Crippen molar-refractivity contribution in [2.75, 3.05) is 18.1 Å². The summed E-state index contributed by atoms with van der Waals surface area (Å²) in [5.74, 6) is -4.12. The van der Waals surface area contributed by atoms with Gasteiger partial charge in [-0.3, -0.25) is 14.5 Å². The largest absolute Gasteiger partial charge is 0.479 e. The zero-order valence-electron chi connectivity index (χ0n) is 14.6. The number of anilines is 1. The average molecular weight is 497 g/mol. The van der Waals surface area contributed by atoms with Crippen LogP contribution in [0.3, 0.4) is 0 Å². The highest BCUT2D eigenvalue weighted by molar-refractivity contribution is 8.00. The van der Waals surface area contributed by atoms with Crippen molar-refractivity contribution in [2.45, 2.75) is 11.4 Å². The van der Waals surface area contributed by atoms with E-state index in [2.05, 4.69) is 20.3 Å². The smallest absolute Gasteiger partial charge is 0.357 e. The lowest BCUT2D eigenvalue weighted by molar-refractivity contribution is -0.150. The number of rotatable bonds is 7.